The first-order valence-electron chi connectivity index (χ1n) is 36.6. The van der Waals surface area contributed by atoms with Gasteiger partial charge in [0.15, 0.2) is 18.6 Å². The maximum atomic E-state index is 9.35. The molecule has 91 heavy (non-hydrogen) atoms. The zero-order valence-corrected chi connectivity index (χ0v) is 54.9. The van der Waals surface area contributed by atoms with Crippen molar-refractivity contribution >= 4 is 53.1 Å². The van der Waals surface area contributed by atoms with Crippen molar-refractivity contribution in [3.8, 4) is 67.2 Å². The summed E-state index contributed by atoms with van der Waals surface area (Å²) in [4.78, 5) is 0. The zero-order chi connectivity index (χ0) is 69.7. The summed E-state index contributed by atoms with van der Waals surface area (Å²) in [6.07, 6.45) is 17.0. The fourth-order valence-electron chi connectivity index (χ4n) is 14.2. The highest BCUT2D eigenvalue weighted by Crippen LogP contribution is 2.46. The first-order valence-corrected chi connectivity index (χ1v) is 33.4. The van der Waals surface area contributed by atoms with Gasteiger partial charge in [0, 0.05) is 88.3 Å². The third-order valence-corrected chi connectivity index (χ3v) is 20.6. The van der Waals surface area contributed by atoms with Crippen LogP contribution in [0.4, 0.5) is 0 Å². The Hall–Kier alpha value is -8.83. The molecule has 13 aromatic rings. The molecule has 2 aliphatic carbocycles. The SMILES string of the molecule is [2H]C([2H])([2H])c1c[n+](C)c(-c2ccccc2C)cc1-c1cccc2c1sc1c(C3([2H])CCCCC3)cccc12.[2H]C([2H])([2H])c1ccc2cc(-c3c[n+](C)c(-c4ccccc4C)cc3C)ccc2c1.[2H]C1(c2ccc3cc(-c4c[n+](C)c(-c5ccccc5C)cc4C)ccc3c2)CCCCC1. The van der Waals surface area contributed by atoms with E-state index in [0.717, 1.165) is 104 Å². The van der Waals surface area contributed by atoms with Gasteiger partial charge in [0.1, 0.15) is 21.1 Å². The van der Waals surface area contributed by atoms with E-state index in [0.29, 0.717) is 11.1 Å². The molecule has 0 spiro atoms. The molecule has 2 fully saturated rings. The Kier molecular flexibility index (Phi) is 15.1. The Morgan fingerprint density at radius 2 is 0.813 bits per heavy atom. The highest BCUT2D eigenvalue weighted by atomic mass is 32.1. The van der Waals surface area contributed by atoms with Crippen LogP contribution in [-0.2, 0) is 21.1 Å². The van der Waals surface area contributed by atoms with Gasteiger partial charge >= 0.3 is 0 Å². The third kappa shape index (κ3) is 12.7. The first-order chi connectivity index (χ1) is 47.4. The first kappa shape index (κ1) is 51.9. The van der Waals surface area contributed by atoms with Crippen LogP contribution in [0.5, 0.6) is 0 Å². The predicted molar refractivity (Wildman–Crippen MR) is 388 cm³/mol. The Bertz CT molecular complexity index is 5220. The standard InChI is InChI=1S/C32H32NS.C30H32N.C25H24N/c1-21-11-7-8-14-24(21)30-19-29(22(2)20-33(30)3)28-18-10-17-27-26-16-9-15-25(31(26)34-32(27)28)23-12-5-4-6-13-23;1-21-9-7-8-12-28(21)30-17-22(2)29(20-31(30)3)27-16-15-25-18-24(13-14-26(25)19-27)23-10-5-4-6-11-23;1-17-9-10-21-15-22(12-11-20(21)13-17)24-16-26(4)25(14-19(24)3)23-8-6-5-7-18(23)2/h7-11,14-20,23H,4-6,12-13H2,1-3H3;7-9,12-20,23H,4-6,10-11H2,1-3H3;5-16H,1-4H3/q3*+1/i2D3,23D;23D;1D3. The van der Waals surface area contributed by atoms with Crippen LogP contribution >= 0.6 is 11.3 Å². The van der Waals surface area contributed by atoms with Crippen molar-refractivity contribution in [2.24, 2.45) is 21.1 Å². The molecule has 15 rings (SSSR count). The van der Waals surface area contributed by atoms with Crippen LogP contribution < -0.4 is 13.7 Å². The molecule has 454 valence electrons. The lowest BCUT2D eigenvalue weighted by molar-refractivity contribution is -0.660. The number of nitrogens with zero attached hydrogens (tertiary/aromatic N) is 3. The Morgan fingerprint density at radius 3 is 1.36 bits per heavy atom. The van der Waals surface area contributed by atoms with Crippen LogP contribution in [0, 0.1) is 48.3 Å². The van der Waals surface area contributed by atoms with E-state index >= 15 is 0 Å². The van der Waals surface area contributed by atoms with Gasteiger partial charge in [-0.15, -0.1) is 11.3 Å². The largest absolute Gasteiger partial charge is 0.213 e. The third-order valence-electron chi connectivity index (χ3n) is 19.3. The van der Waals surface area contributed by atoms with Gasteiger partial charge in [-0.2, -0.15) is 0 Å². The summed E-state index contributed by atoms with van der Waals surface area (Å²) in [5.41, 5.74) is 22.7. The van der Waals surface area contributed by atoms with Crippen molar-refractivity contribution in [2.45, 2.75) is 124 Å². The van der Waals surface area contributed by atoms with Gasteiger partial charge in [0.2, 0.25) is 17.1 Å². The molecule has 9 aromatic carbocycles. The number of thiophene rings is 1. The minimum absolute atomic E-state index is 0.353. The highest BCUT2D eigenvalue weighted by Gasteiger charge is 2.24. The number of fused-ring (bicyclic) bond motifs is 5. The van der Waals surface area contributed by atoms with Crippen molar-refractivity contribution in [3.05, 3.63) is 269 Å². The number of aromatic nitrogens is 3. The molecule has 2 aliphatic rings. The molecule has 0 radical (unpaired) electrons. The van der Waals surface area contributed by atoms with E-state index in [1.165, 1.54) is 108 Å². The van der Waals surface area contributed by atoms with Crippen molar-refractivity contribution < 1.29 is 24.7 Å². The zero-order valence-electron chi connectivity index (χ0n) is 62.1. The lowest BCUT2D eigenvalue weighted by atomic mass is 9.83. The maximum Gasteiger partial charge on any atom is 0.213 e. The second kappa shape index (κ2) is 26.6. The van der Waals surface area contributed by atoms with E-state index < -0.39 is 25.5 Å². The molecule has 4 aromatic heterocycles. The van der Waals surface area contributed by atoms with E-state index in [2.05, 4.69) is 228 Å². The maximum absolute atomic E-state index is 9.35. The van der Waals surface area contributed by atoms with E-state index in [1.54, 1.807) is 29.7 Å². The second-order valence-corrected chi connectivity index (χ2v) is 26.6. The lowest BCUT2D eigenvalue weighted by Gasteiger charge is -2.22. The molecule has 0 atom stereocenters. The minimum Gasteiger partial charge on any atom is -0.201 e. The number of pyridine rings is 3. The van der Waals surface area contributed by atoms with Crippen LogP contribution in [0.1, 0.15) is 137 Å². The Morgan fingerprint density at radius 1 is 0.352 bits per heavy atom. The molecule has 0 bridgehead atoms. The van der Waals surface area contributed by atoms with Crippen LogP contribution in [0.15, 0.2) is 219 Å². The van der Waals surface area contributed by atoms with Crippen LogP contribution in [0.2, 0.25) is 0 Å². The van der Waals surface area contributed by atoms with Gasteiger partial charge in [0.25, 0.3) is 0 Å². The Balaban J connectivity index is 0.000000135. The Labute approximate surface area is 556 Å². The van der Waals surface area contributed by atoms with Crippen LogP contribution in [-0.4, -0.2) is 0 Å². The normalized spacial score (nSPS) is 16.0. The van der Waals surface area contributed by atoms with Crippen molar-refractivity contribution in [3.63, 3.8) is 0 Å². The number of benzene rings is 9. The molecule has 3 nitrogen and oxygen atoms in total. The summed E-state index contributed by atoms with van der Waals surface area (Å²) in [6, 6.07) is 69.4. The molecule has 2 saturated carbocycles. The molecule has 0 unspecified atom stereocenters. The minimum atomic E-state index is -2.26. The number of aryl methyl sites for hydroxylation is 10. The topological polar surface area (TPSA) is 11.6 Å². The average molecular weight is 1220 g/mol. The summed E-state index contributed by atoms with van der Waals surface area (Å²) in [7, 11) is 6.13. The van der Waals surface area contributed by atoms with Gasteiger partial charge in [-0.05, 0) is 193 Å². The molecule has 4 heteroatoms. The molecular formula is C87H88N3S+3. The van der Waals surface area contributed by atoms with Gasteiger partial charge < -0.3 is 0 Å². The summed E-state index contributed by atoms with van der Waals surface area (Å²) < 4.78 is 74.9. The quantitative estimate of drug-likeness (QED) is 0.134. The fourth-order valence-corrected chi connectivity index (χ4v) is 15.6. The summed E-state index contributed by atoms with van der Waals surface area (Å²) >= 11 is 1.72. The van der Waals surface area contributed by atoms with Gasteiger partial charge in [-0.3, -0.25) is 0 Å². The van der Waals surface area contributed by atoms with Gasteiger partial charge in [0.05, 0.1) is 0 Å². The van der Waals surface area contributed by atoms with Gasteiger partial charge in [-0.1, -0.05) is 196 Å². The number of hydrogen-bond acceptors (Lipinski definition) is 1. The number of hydrogen-bond donors (Lipinski definition) is 0. The molecule has 0 N–H and O–H groups in total. The fraction of sp³-hybridized carbons (Fsp3) is 0.253. The molecular weight excluding hydrogens is 1120 g/mol. The van der Waals surface area contributed by atoms with Crippen LogP contribution in [0.3, 0.4) is 0 Å². The summed E-state index contributed by atoms with van der Waals surface area (Å²) in [5, 5.41) is 6.77. The molecule has 0 saturated heterocycles. The lowest BCUT2D eigenvalue weighted by Crippen LogP contribution is -2.31. The molecule has 4 heterocycles. The number of rotatable bonds is 8. The highest BCUT2D eigenvalue weighted by molar-refractivity contribution is 7.26. The predicted octanol–water partition coefficient (Wildman–Crippen LogP) is 22.5. The van der Waals surface area contributed by atoms with E-state index in [1.807, 2.05) is 41.9 Å². The van der Waals surface area contributed by atoms with Gasteiger partial charge in [-0.25, -0.2) is 13.7 Å². The van der Waals surface area contributed by atoms with Crippen molar-refractivity contribution in [2.75, 3.05) is 0 Å². The van der Waals surface area contributed by atoms with Crippen LogP contribution in [0.25, 0.3) is 109 Å². The van der Waals surface area contributed by atoms with Crippen molar-refractivity contribution in [1.82, 2.24) is 0 Å². The summed E-state index contributed by atoms with van der Waals surface area (Å²) in [6.45, 7) is 6.40. The van der Waals surface area contributed by atoms with E-state index in [9.17, 15) is 1.37 Å². The van der Waals surface area contributed by atoms with E-state index in [-0.39, 0.29) is 0 Å². The average Bonchev–Trinajstić information content (AvgIpc) is 1.62. The monoisotopic (exact) mass is 1210 g/mol. The molecule has 0 amide bonds. The van der Waals surface area contributed by atoms with Crippen molar-refractivity contribution in [1.29, 1.82) is 0 Å². The van der Waals surface area contributed by atoms with E-state index in [4.69, 9.17) is 9.60 Å². The second-order valence-electron chi connectivity index (χ2n) is 25.6. The summed E-state index contributed by atoms with van der Waals surface area (Å²) in [5.74, 6) is -0.956. The smallest absolute Gasteiger partial charge is 0.201 e. The molecule has 0 aliphatic heterocycles.